The summed E-state index contributed by atoms with van der Waals surface area (Å²) in [7, 11) is 0. The first-order valence-corrected chi connectivity index (χ1v) is 11.0. The van der Waals surface area contributed by atoms with E-state index < -0.39 is 0 Å². The van der Waals surface area contributed by atoms with Crippen LogP contribution in [-0.2, 0) is 0 Å². The number of hydrogen-bond acceptors (Lipinski definition) is 1. The second kappa shape index (κ2) is 6.71. The lowest BCUT2D eigenvalue weighted by Crippen LogP contribution is -2.19. The molecule has 0 atom stereocenters. The maximum Gasteiger partial charge on any atom is 0.281 e. The van der Waals surface area contributed by atoms with Crippen molar-refractivity contribution in [3.8, 4) is 16.8 Å². The van der Waals surface area contributed by atoms with E-state index in [2.05, 4.69) is 52.4 Å². The van der Waals surface area contributed by atoms with Crippen molar-refractivity contribution in [1.29, 1.82) is 0 Å². The molecule has 156 valence electrons. The molecule has 0 aliphatic rings. The lowest BCUT2D eigenvalue weighted by molar-refractivity contribution is 1.04. The van der Waals surface area contributed by atoms with Crippen molar-refractivity contribution in [2.45, 2.75) is 0 Å². The Bertz CT molecular complexity index is 1890. The average Bonchev–Trinajstić information content (AvgIpc) is 3.44. The van der Waals surface area contributed by atoms with E-state index in [1.165, 1.54) is 0 Å². The smallest absolute Gasteiger partial charge is 0.281 e. The van der Waals surface area contributed by atoms with Gasteiger partial charge >= 0.3 is 0 Å². The number of pyridine rings is 1. The largest absolute Gasteiger partial charge is 0.350 e. The minimum Gasteiger partial charge on any atom is -0.350 e. The first kappa shape index (κ1) is 18.0. The van der Waals surface area contributed by atoms with Gasteiger partial charge < -0.3 is 9.97 Å². The van der Waals surface area contributed by atoms with E-state index in [1.807, 2.05) is 60.7 Å². The van der Waals surface area contributed by atoms with Crippen LogP contribution >= 0.6 is 0 Å². The summed E-state index contributed by atoms with van der Waals surface area (Å²) < 4.78 is 1.81. The van der Waals surface area contributed by atoms with E-state index >= 15 is 0 Å². The zero-order valence-corrected chi connectivity index (χ0v) is 17.7. The molecule has 0 saturated carbocycles. The van der Waals surface area contributed by atoms with Crippen LogP contribution in [0.1, 0.15) is 0 Å². The molecule has 4 nitrogen and oxygen atoms in total. The maximum atomic E-state index is 13.9. The van der Waals surface area contributed by atoms with Gasteiger partial charge in [-0.1, -0.05) is 78.9 Å². The molecular weight excluding hydrogens is 406 g/mol. The molecule has 0 amide bonds. The first-order valence-electron chi connectivity index (χ1n) is 11.0. The number of para-hydroxylation sites is 2. The zero-order valence-electron chi connectivity index (χ0n) is 17.7. The van der Waals surface area contributed by atoms with Crippen molar-refractivity contribution >= 4 is 43.7 Å². The molecule has 3 heterocycles. The van der Waals surface area contributed by atoms with E-state index in [9.17, 15) is 4.79 Å². The highest BCUT2D eigenvalue weighted by Crippen LogP contribution is 2.36. The molecule has 33 heavy (non-hydrogen) atoms. The summed E-state index contributed by atoms with van der Waals surface area (Å²) in [6, 6.07) is 34.7. The van der Waals surface area contributed by atoms with Crippen molar-refractivity contribution in [2.75, 3.05) is 0 Å². The molecule has 4 aromatic carbocycles. The monoisotopic (exact) mass is 425 g/mol. The van der Waals surface area contributed by atoms with E-state index in [4.69, 9.17) is 0 Å². The molecule has 2 N–H and O–H groups in total. The molecule has 0 aliphatic carbocycles. The molecular formula is C29H19N3O. The van der Waals surface area contributed by atoms with Gasteiger partial charge in [0.15, 0.2) is 0 Å². The molecule has 0 spiro atoms. The fourth-order valence-electron chi connectivity index (χ4n) is 5.03. The van der Waals surface area contributed by atoms with Gasteiger partial charge in [0.05, 0.1) is 5.69 Å². The number of hydrogen-bond donors (Lipinski definition) is 2. The highest BCUT2D eigenvalue weighted by molar-refractivity contribution is 6.26. The molecule has 4 heteroatoms. The Morgan fingerprint density at radius 3 is 2.00 bits per heavy atom. The number of rotatable bonds is 2. The van der Waals surface area contributed by atoms with Crippen LogP contribution in [0.15, 0.2) is 108 Å². The van der Waals surface area contributed by atoms with Crippen LogP contribution in [0.4, 0.5) is 0 Å². The zero-order chi connectivity index (χ0) is 21.9. The van der Waals surface area contributed by atoms with Crippen molar-refractivity contribution in [3.05, 3.63) is 113 Å². The number of aromatic amines is 2. The molecule has 0 fully saturated rings. The van der Waals surface area contributed by atoms with Crippen LogP contribution < -0.4 is 5.56 Å². The Labute approximate surface area is 188 Å². The summed E-state index contributed by atoms with van der Waals surface area (Å²) >= 11 is 0. The molecule has 7 rings (SSSR count). The molecule has 0 aliphatic heterocycles. The second-order valence-electron chi connectivity index (χ2n) is 8.37. The van der Waals surface area contributed by atoms with Gasteiger partial charge in [0.1, 0.15) is 11.2 Å². The average molecular weight is 425 g/mol. The van der Waals surface area contributed by atoms with Gasteiger partial charge in [0, 0.05) is 32.6 Å². The van der Waals surface area contributed by atoms with Gasteiger partial charge in [0.2, 0.25) is 0 Å². The van der Waals surface area contributed by atoms with Crippen LogP contribution in [0.3, 0.4) is 0 Å². The second-order valence-corrected chi connectivity index (χ2v) is 8.37. The van der Waals surface area contributed by atoms with E-state index in [0.29, 0.717) is 5.52 Å². The Balaban J connectivity index is 1.66. The lowest BCUT2D eigenvalue weighted by Gasteiger charge is -2.11. The van der Waals surface area contributed by atoms with Crippen molar-refractivity contribution in [2.24, 2.45) is 0 Å². The van der Waals surface area contributed by atoms with Crippen molar-refractivity contribution in [1.82, 2.24) is 14.5 Å². The number of H-pyrrole nitrogens is 2. The number of fused-ring (bicyclic) bond motifs is 7. The van der Waals surface area contributed by atoms with Crippen LogP contribution in [0.2, 0.25) is 0 Å². The highest BCUT2D eigenvalue weighted by Gasteiger charge is 2.20. The van der Waals surface area contributed by atoms with Crippen LogP contribution in [0.25, 0.3) is 60.6 Å². The summed E-state index contributed by atoms with van der Waals surface area (Å²) in [6.07, 6.45) is 0. The Kier molecular flexibility index (Phi) is 3.67. The minimum atomic E-state index is -0.0644. The van der Waals surface area contributed by atoms with Crippen LogP contribution in [0.5, 0.6) is 0 Å². The SMILES string of the molecule is O=c1c2[nH]c3ccccc3c2c2c3ccccc3[nH]c2n1-c1cccc(-c2ccccc2)c1. The van der Waals surface area contributed by atoms with Crippen LogP contribution in [-0.4, -0.2) is 14.5 Å². The number of benzene rings is 4. The number of nitrogens with one attached hydrogen (secondary N) is 2. The molecule has 0 bridgehead atoms. The minimum absolute atomic E-state index is 0.0644. The highest BCUT2D eigenvalue weighted by atomic mass is 16.1. The van der Waals surface area contributed by atoms with Crippen LogP contribution in [0, 0.1) is 0 Å². The molecule has 0 unspecified atom stereocenters. The Hall–Kier alpha value is -4.57. The Morgan fingerprint density at radius 2 is 1.21 bits per heavy atom. The van der Waals surface area contributed by atoms with Gasteiger partial charge in [0.25, 0.3) is 5.56 Å². The summed E-state index contributed by atoms with van der Waals surface area (Å²) in [5.74, 6) is 0. The molecule has 0 saturated heterocycles. The fourth-order valence-corrected chi connectivity index (χ4v) is 5.03. The molecule has 7 aromatic rings. The number of nitrogens with zero attached hydrogens (tertiary/aromatic N) is 1. The molecule has 0 radical (unpaired) electrons. The standard InChI is InChI=1S/C29H19N3O/c33-29-27-25(21-13-4-6-15-23(21)30-27)26-22-14-5-7-16-24(22)31-28(26)32(29)20-12-8-11-19(17-20)18-9-2-1-3-10-18/h1-17,30-31H. The summed E-state index contributed by atoms with van der Waals surface area (Å²) in [6.45, 7) is 0. The van der Waals surface area contributed by atoms with Gasteiger partial charge in [-0.3, -0.25) is 9.36 Å². The van der Waals surface area contributed by atoms with Crippen molar-refractivity contribution in [3.63, 3.8) is 0 Å². The summed E-state index contributed by atoms with van der Waals surface area (Å²) in [4.78, 5) is 20.9. The van der Waals surface area contributed by atoms with Crippen molar-refractivity contribution < 1.29 is 0 Å². The van der Waals surface area contributed by atoms with E-state index in [-0.39, 0.29) is 5.56 Å². The van der Waals surface area contributed by atoms with Gasteiger partial charge in [-0.05, 0) is 35.4 Å². The lowest BCUT2D eigenvalue weighted by atomic mass is 10.0. The number of aromatic nitrogens is 3. The quantitative estimate of drug-likeness (QED) is 0.315. The molecule has 3 aromatic heterocycles. The Morgan fingerprint density at radius 1 is 0.576 bits per heavy atom. The topological polar surface area (TPSA) is 53.6 Å². The third-order valence-corrected chi connectivity index (χ3v) is 6.49. The van der Waals surface area contributed by atoms with E-state index in [1.54, 1.807) is 4.57 Å². The third-order valence-electron chi connectivity index (χ3n) is 6.49. The summed E-state index contributed by atoms with van der Waals surface area (Å²) in [5.41, 5.74) is 6.36. The fraction of sp³-hybridized carbons (Fsp3) is 0. The third kappa shape index (κ3) is 2.55. The normalized spacial score (nSPS) is 11.8. The maximum absolute atomic E-state index is 13.9. The van der Waals surface area contributed by atoms with Gasteiger partial charge in [-0.25, -0.2) is 0 Å². The first-order chi connectivity index (χ1) is 16.3. The predicted octanol–water partition coefficient (Wildman–Crippen LogP) is 6.77. The van der Waals surface area contributed by atoms with Gasteiger partial charge in [-0.15, -0.1) is 0 Å². The summed E-state index contributed by atoms with van der Waals surface area (Å²) in [5, 5.41) is 4.20. The van der Waals surface area contributed by atoms with E-state index in [0.717, 1.165) is 55.0 Å². The predicted molar refractivity (Wildman–Crippen MR) is 136 cm³/mol. The van der Waals surface area contributed by atoms with Gasteiger partial charge in [-0.2, -0.15) is 0 Å².